The molecule has 0 bridgehead atoms. The summed E-state index contributed by atoms with van der Waals surface area (Å²) in [6.07, 6.45) is 0.338. The zero-order valence-electron chi connectivity index (χ0n) is 16.9. The summed E-state index contributed by atoms with van der Waals surface area (Å²) in [5.74, 6) is 0.0203. The van der Waals surface area contributed by atoms with Crippen molar-refractivity contribution >= 4 is 29.3 Å². The number of fused-ring (bicyclic) bond motifs is 2. The molecule has 2 heterocycles. The highest BCUT2D eigenvalue weighted by Crippen LogP contribution is 2.54. The Morgan fingerprint density at radius 2 is 2.10 bits per heavy atom. The second-order valence-electron chi connectivity index (χ2n) is 8.00. The number of nitriles is 1. The van der Waals surface area contributed by atoms with Gasteiger partial charge >= 0.3 is 0 Å². The first-order valence-electron chi connectivity index (χ1n) is 9.92. The smallest absolute Gasteiger partial charge is 0.268 e. The summed E-state index contributed by atoms with van der Waals surface area (Å²) in [7, 11) is 0. The minimum absolute atomic E-state index is 0.0908. The second-order valence-corrected chi connectivity index (χ2v) is 9.29. The fraction of sp³-hybridized carbons (Fsp3) is 0.348. The highest BCUT2D eigenvalue weighted by molar-refractivity contribution is 8.01. The predicted octanol–water partition coefficient (Wildman–Crippen LogP) is 4.02. The Balaban J connectivity index is 1.78. The standard InChI is InChI=1S/C23H22FN3O2S/c1-15(2)10-21(28)27-8-9-30-23(27)19-12-18(24)6-7-20(19)26(22(23)29)14-17-5-3-4-16(11-17)13-25/h3-7,11-12,15H,8-10,14H2,1-2H3. The average molecular weight is 424 g/mol. The first-order chi connectivity index (χ1) is 14.4. The maximum absolute atomic E-state index is 14.2. The first-order valence-corrected chi connectivity index (χ1v) is 10.9. The lowest BCUT2D eigenvalue weighted by atomic mass is 10.0. The van der Waals surface area contributed by atoms with Gasteiger partial charge in [-0.3, -0.25) is 9.59 Å². The van der Waals surface area contributed by atoms with Gasteiger partial charge in [-0.2, -0.15) is 5.26 Å². The van der Waals surface area contributed by atoms with Crippen molar-refractivity contribution in [1.82, 2.24) is 4.90 Å². The van der Waals surface area contributed by atoms with Gasteiger partial charge < -0.3 is 9.80 Å². The number of nitrogens with zero attached hydrogens (tertiary/aromatic N) is 3. The molecule has 2 aliphatic rings. The Bertz CT molecular complexity index is 1060. The van der Waals surface area contributed by atoms with Crippen LogP contribution < -0.4 is 4.90 Å². The average Bonchev–Trinajstić information content (AvgIpc) is 3.25. The van der Waals surface area contributed by atoms with Gasteiger partial charge in [-0.05, 0) is 41.8 Å². The summed E-state index contributed by atoms with van der Waals surface area (Å²) in [6, 6.07) is 13.5. The number of halogens is 1. The molecular formula is C23H22FN3O2S. The molecule has 0 aliphatic carbocycles. The number of hydrogen-bond donors (Lipinski definition) is 0. The van der Waals surface area contributed by atoms with Gasteiger partial charge in [0, 0.05) is 24.3 Å². The van der Waals surface area contributed by atoms with E-state index < -0.39 is 10.7 Å². The zero-order chi connectivity index (χ0) is 21.5. The third-order valence-corrected chi connectivity index (χ3v) is 6.86. The fourth-order valence-electron chi connectivity index (χ4n) is 4.18. The van der Waals surface area contributed by atoms with Crippen LogP contribution in [-0.2, 0) is 21.0 Å². The van der Waals surface area contributed by atoms with Crippen molar-refractivity contribution in [3.8, 4) is 6.07 Å². The Labute approximate surface area is 179 Å². The minimum atomic E-state index is -1.23. The van der Waals surface area contributed by atoms with Crippen molar-refractivity contribution in [3.05, 3.63) is 65.0 Å². The largest absolute Gasteiger partial charge is 0.315 e. The molecule has 154 valence electrons. The number of carbonyl (C=O) groups is 2. The molecule has 1 atom stereocenters. The van der Waals surface area contributed by atoms with Crippen LogP contribution in [-0.4, -0.2) is 29.0 Å². The normalized spacial score (nSPS) is 20.2. The summed E-state index contributed by atoms with van der Waals surface area (Å²) < 4.78 is 14.2. The van der Waals surface area contributed by atoms with Gasteiger partial charge in [0.05, 0.1) is 23.9 Å². The van der Waals surface area contributed by atoms with E-state index in [-0.39, 0.29) is 24.3 Å². The van der Waals surface area contributed by atoms with Gasteiger partial charge in [0.2, 0.25) is 5.91 Å². The molecule has 30 heavy (non-hydrogen) atoms. The van der Waals surface area contributed by atoms with Crippen molar-refractivity contribution in [3.63, 3.8) is 0 Å². The van der Waals surface area contributed by atoms with Crippen molar-refractivity contribution < 1.29 is 14.0 Å². The SMILES string of the molecule is CC(C)CC(=O)N1CCSC12C(=O)N(Cc1cccc(C#N)c1)c1ccc(F)cc12. The topological polar surface area (TPSA) is 64.4 Å². The van der Waals surface area contributed by atoms with Crippen LogP contribution in [0.3, 0.4) is 0 Å². The molecule has 1 spiro atoms. The highest BCUT2D eigenvalue weighted by Gasteiger charge is 2.59. The predicted molar refractivity (Wildman–Crippen MR) is 114 cm³/mol. The van der Waals surface area contributed by atoms with E-state index in [1.165, 1.54) is 23.9 Å². The van der Waals surface area contributed by atoms with Crippen LogP contribution in [0.4, 0.5) is 10.1 Å². The van der Waals surface area contributed by atoms with Gasteiger partial charge in [0.25, 0.3) is 5.91 Å². The quantitative estimate of drug-likeness (QED) is 0.745. The molecule has 0 saturated carbocycles. The molecule has 2 aromatic carbocycles. The second kappa shape index (κ2) is 7.77. The van der Waals surface area contributed by atoms with Gasteiger partial charge in [-0.25, -0.2) is 4.39 Å². The maximum atomic E-state index is 14.2. The molecule has 2 amide bonds. The highest BCUT2D eigenvalue weighted by atomic mass is 32.2. The third-order valence-electron chi connectivity index (χ3n) is 5.44. The van der Waals surface area contributed by atoms with Crippen LogP contribution in [0.2, 0.25) is 0 Å². The van der Waals surface area contributed by atoms with Gasteiger partial charge in [-0.1, -0.05) is 26.0 Å². The molecule has 1 unspecified atom stereocenters. The minimum Gasteiger partial charge on any atom is -0.315 e. The van der Waals surface area contributed by atoms with E-state index in [4.69, 9.17) is 0 Å². The van der Waals surface area contributed by atoms with Gasteiger partial charge in [-0.15, -0.1) is 11.8 Å². The van der Waals surface area contributed by atoms with E-state index in [2.05, 4.69) is 6.07 Å². The van der Waals surface area contributed by atoms with Crippen molar-refractivity contribution in [1.29, 1.82) is 5.26 Å². The van der Waals surface area contributed by atoms with E-state index in [0.717, 1.165) is 5.56 Å². The molecule has 1 fully saturated rings. The molecule has 7 heteroatoms. The number of rotatable bonds is 4. The molecule has 2 aromatic rings. The lowest BCUT2D eigenvalue weighted by molar-refractivity contribution is -0.140. The van der Waals surface area contributed by atoms with Crippen molar-refractivity contribution in [2.45, 2.75) is 31.7 Å². The molecule has 1 saturated heterocycles. The van der Waals surface area contributed by atoms with Crippen LogP contribution in [0.15, 0.2) is 42.5 Å². The van der Waals surface area contributed by atoms with Crippen LogP contribution in [0, 0.1) is 23.1 Å². The van der Waals surface area contributed by atoms with E-state index in [1.807, 2.05) is 19.9 Å². The number of thioether (sulfide) groups is 1. The zero-order valence-corrected chi connectivity index (χ0v) is 17.7. The van der Waals surface area contributed by atoms with Crippen LogP contribution in [0.5, 0.6) is 0 Å². The van der Waals surface area contributed by atoms with E-state index in [0.29, 0.717) is 35.5 Å². The monoisotopic (exact) mass is 423 g/mol. The lowest BCUT2D eigenvalue weighted by Crippen LogP contribution is -2.50. The number of benzene rings is 2. The molecule has 0 N–H and O–H groups in total. The molecule has 2 aliphatic heterocycles. The number of hydrogen-bond acceptors (Lipinski definition) is 4. The maximum Gasteiger partial charge on any atom is 0.268 e. The molecule has 5 nitrogen and oxygen atoms in total. The molecule has 4 rings (SSSR count). The van der Waals surface area contributed by atoms with Crippen molar-refractivity contribution in [2.24, 2.45) is 5.92 Å². The van der Waals surface area contributed by atoms with E-state index in [9.17, 15) is 19.2 Å². The first kappa shape index (κ1) is 20.4. The van der Waals surface area contributed by atoms with Gasteiger partial charge in [0.1, 0.15) is 5.82 Å². The Morgan fingerprint density at radius 1 is 1.30 bits per heavy atom. The van der Waals surface area contributed by atoms with Crippen LogP contribution in [0.25, 0.3) is 0 Å². The lowest BCUT2D eigenvalue weighted by Gasteiger charge is -2.33. The van der Waals surface area contributed by atoms with Crippen LogP contribution >= 0.6 is 11.8 Å². The van der Waals surface area contributed by atoms with Crippen molar-refractivity contribution in [2.75, 3.05) is 17.2 Å². The number of anilines is 1. The Kier molecular flexibility index (Phi) is 5.29. The summed E-state index contributed by atoms with van der Waals surface area (Å²) in [4.78, 5) is 28.8. The Hall–Kier alpha value is -2.85. The molecule has 0 aromatic heterocycles. The molecule has 0 radical (unpaired) electrons. The summed E-state index contributed by atoms with van der Waals surface area (Å²) in [6.45, 7) is 4.63. The summed E-state index contributed by atoms with van der Waals surface area (Å²) in [5.41, 5.74) is 2.46. The fourth-order valence-corrected chi connectivity index (χ4v) is 5.65. The number of amides is 2. The molecular weight excluding hydrogens is 401 g/mol. The van der Waals surface area contributed by atoms with Gasteiger partial charge in [0.15, 0.2) is 4.87 Å². The van der Waals surface area contributed by atoms with E-state index >= 15 is 0 Å². The summed E-state index contributed by atoms with van der Waals surface area (Å²) >= 11 is 1.39. The Morgan fingerprint density at radius 3 is 2.83 bits per heavy atom. The summed E-state index contributed by atoms with van der Waals surface area (Å²) in [5, 5.41) is 9.18. The third kappa shape index (κ3) is 3.25. The number of carbonyl (C=O) groups excluding carboxylic acids is 2. The van der Waals surface area contributed by atoms with Crippen LogP contribution in [0.1, 0.15) is 37.0 Å². The van der Waals surface area contributed by atoms with E-state index in [1.54, 1.807) is 34.1 Å².